The fourth-order valence-corrected chi connectivity index (χ4v) is 2.46. The number of hydrogen-bond acceptors (Lipinski definition) is 7. The van der Waals surface area contributed by atoms with Crippen LogP contribution in [0.4, 0.5) is 5.69 Å². The second-order valence-electron chi connectivity index (χ2n) is 3.20. The van der Waals surface area contributed by atoms with E-state index >= 15 is 0 Å². The van der Waals surface area contributed by atoms with Gasteiger partial charge in [-0.25, -0.2) is 9.97 Å². The summed E-state index contributed by atoms with van der Waals surface area (Å²) in [6, 6.07) is 3.64. The van der Waals surface area contributed by atoms with Crippen LogP contribution in [0.2, 0.25) is 0 Å². The second kappa shape index (κ2) is 5.83. The number of rotatable bonds is 5. The third kappa shape index (κ3) is 3.31. The maximum atomic E-state index is 5.78. The van der Waals surface area contributed by atoms with Gasteiger partial charge in [0, 0.05) is 0 Å². The summed E-state index contributed by atoms with van der Waals surface area (Å²) in [5.41, 5.74) is 6.34. The van der Waals surface area contributed by atoms with Crippen LogP contribution in [0.5, 0.6) is 5.88 Å². The van der Waals surface area contributed by atoms with Crippen LogP contribution < -0.4 is 10.5 Å². The first kappa shape index (κ1) is 12.1. The summed E-state index contributed by atoms with van der Waals surface area (Å²) < 4.78 is 10.2. The maximum absolute atomic E-state index is 5.78. The molecule has 2 heterocycles. The third-order valence-electron chi connectivity index (χ3n) is 1.84. The van der Waals surface area contributed by atoms with Crippen LogP contribution in [0.3, 0.4) is 0 Å². The Morgan fingerprint density at radius 3 is 3.06 bits per heavy atom. The van der Waals surface area contributed by atoms with Gasteiger partial charge in [0.05, 0.1) is 12.3 Å². The molecule has 5 nitrogen and oxygen atoms in total. The minimum Gasteiger partial charge on any atom is -0.476 e. The molecule has 0 aliphatic rings. The van der Waals surface area contributed by atoms with Crippen molar-refractivity contribution in [2.75, 3.05) is 12.3 Å². The molecule has 0 unspecified atom stereocenters. The van der Waals surface area contributed by atoms with Crippen LogP contribution in [0.15, 0.2) is 27.8 Å². The molecular weight excluding hydrogens is 256 g/mol. The molecule has 0 aliphatic carbocycles. The summed E-state index contributed by atoms with van der Waals surface area (Å²) in [5, 5.41) is 0.807. The van der Waals surface area contributed by atoms with E-state index in [0.29, 0.717) is 18.2 Å². The Balaban J connectivity index is 2.13. The van der Waals surface area contributed by atoms with Crippen molar-refractivity contribution in [2.45, 2.75) is 22.7 Å². The number of pyridine rings is 1. The molecule has 0 saturated carbocycles. The lowest BCUT2D eigenvalue weighted by molar-refractivity contribution is 0.305. The zero-order chi connectivity index (χ0) is 12.1. The summed E-state index contributed by atoms with van der Waals surface area (Å²) in [6.45, 7) is 2.65. The molecule has 17 heavy (non-hydrogen) atoms. The van der Waals surface area contributed by atoms with Crippen LogP contribution in [-0.4, -0.2) is 20.9 Å². The Bertz CT molecular complexity index is 475. The highest BCUT2D eigenvalue weighted by Crippen LogP contribution is 2.30. The van der Waals surface area contributed by atoms with E-state index in [9.17, 15) is 0 Å². The van der Waals surface area contributed by atoms with E-state index in [1.165, 1.54) is 29.6 Å². The lowest BCUT2D eigenvalue weighted by Crippen LogP contribution is -2.01. The Labute approximate surface area is 108 Å². The predicted octanol–water partition coefficient (Wildman–Crippen LogP) is 2.46. The average Bonchev–Trinajstić information content (AvgIpc) is 2.82. The van der Waals surface area contributed by atoms with Crippen LogP contribution >= 0.6 is 23.3 Å². The maximum Gasteiger partial charge on any atom is 0.238 e. The zero-order valence-corrected chi connectivity index (χ0v) is 10.9. The molecule has 7 heteroatoms. The van der Waals surface area contributed by atoms with Crippen molar-refractivity contribution in [3.63, 3.8) is 0 Å². The summed E-state index contributed by atoms with van der Waals surface area (Å²) in [4.78, 5) is 8.42. The lowest BCUT2D eigenvalue weighted by atomic mass is 10.4. The van der Waals surface area contributed by atoms with E-state index in [-0.39, 0.29) is 0 Å². The van der Waals surface area contributed by atoms with Crippen molar-refractivity contribution >= 4 is 29.0 Å². The lowest BCUT2D eigenvalue weighted by Gasteiger charge is -2.07. The van der Waals surface area contributed by atoms with Gasteiger partial charge in [0.1, 0.15) is 11.4 Å². The molecule has 2 N–H and O–H groups in total. The monoisotopic (exact) mass is 268 g/mol. The quantitative estimate of drug-likeness (QED) is 0.898. The van der Waals surface area contributed by atoms with Gasteiger partial charge in [0.25, 0.3) is 0 Å². The fraction of sp³-hybridized carbons (Fsp3) is 0.300. The number of ether oxygens (including phenoxy) is 1. The molecular formula is C10H12N4OS2. The fourth-order valence-electron chi connectivity index (χ4n) is 1.10. The van der Waals surface area contributed by atoms with Crippen LogP contribution in [0.25, 0.3) is 0 Å². The smallest absolute Gasteiger partial charge is 0.238 e. The minimum atomic E-state index is 0.487. The van der Waals surface area contributed by atoms with Crippen molar-refractivity contribution in [3.8, 4) is 5.88 Å². The molecule has 2 aromatic rings. The Hall–Kier alpha value is -1.34. The molecule has 2 aromatic heterocycles. The van der Waals surface area contributed by atoms with E-state index in [0.717, 1.165) is 15.8 Å². The number of anilines is 1. The largest absolute Gasteiger partial charge is 0.476 e. The summed E-state index contributed by atoms with van der Waals surface area (Å²) in [7, 11) is 0. The Morgan fingerprint density at radius 1 is 1.47 bits per heavy atom. The molecule has 0 saturated heterocycles. The van der Waals surface area contributed by atoms with Crippen LogP contribution in [-0.2, 0) is 0 Å². The van der Waals surface area contributed by atoms with Gasteiger partial charge in [-0.15, -0.1) is 0 Å². The molecule has 0 atom stereocenters. The highest BCUT2D eigenvalue weighted by atomic mass is 32.2. The van der Waals surface area contributed by atoms with E-state index in [1.54, 1.807) is 6.07 Å². The van der Waals surface area contributed by atoms with Crippen LogP contribution in [0.1, 0.15) is 13.3 Å². The van der Waals surface area contributed by atoms with Crippen molar-refractivity contribution in [1.29, 1.82) is 0 Å². The third-order valence-corrected chi connectivity index (χ3v) is 3.49. The Kier molecular flexibility index (Phi) is 4.16. The minimum absolute atomic E-state index is 0.487. The predicted molar refractivity (Wildman–Crippen MR) is 68.5 cm³/mol. The summed E-state index contributed by atoms with van der Waals surface area (Å²) in [5.74, 6) is 0.487. The van der Waals surface area contributed by atoms with Crippen LogP contribution in [0, 0.1) is 0 Å². The van der Waals surface area contributed by atoms with E-state index < -0.39 is 0 Å². The molecule has 2 rings (SSSR count). The van der Waals surface area contributed by atoms with Gasteiger partial charge in [-0.2, -0.15) is 4.37 Å². The SMILES string of the molecule is CCCOc1nc(Sc2ncns2)ccc1N. The highest BCUT2D eigenvalue weighted by molar-refractivity contribution is 8.00. The molecule has 0 spiro atoms. The van der Waals surface area contributed by atoms with Gasteiger partial charge in [-0.1, -0.05) is 6.92 Å². The van der Waals surface area contributed by atoms with E-state index in [2.05, 4.69) is 14.3 Å². The van der Waals surface area contributed by atoms with Crippen molar-refractivity contribution in [1.82, 2.24) is 14.3 Å². The summed E-state index contributed by atoms with van der Waals surface area (Å²) >= 11 is 2.78. The van der Waals surface area contributed by atoms with E-state index in [4.69, 9.17) is 10.5 Å². The summed E-state index contributed by atoms with van der Waals surface area (Å²) in [6.07, 6.45) is 2.45. The molecule has 0 fully saturated rings. The van der Waals surface area contributed by atoms with Gasteiger partial charge >= 0.3 is 0 Å². The van der Waals surface area contributed by atoms with Gasteiger partial charge < -0.3 is 10.5 Å². The molecule has 0 amide bonds. The van der Waals surface area contributed by atoms with Gasteiger partial charge in [0.2, 0.25) is 5.88 Å². The molecule has 0 aliphatic heterocycles. The van der Waals surface area contributed by atoms with Gasteiger partial charge in [-0.05, 0) is 41.8 Å². The van der Waals surface area contributed by atoms with Crippen molar-refractivity contribution in [3.05, 3.63) is 18.5 Å². The highest BCUT2D eigenvalue weighted by Gasteiger charge is 2.07. The number of nitrogens with zero attached hydrogens (tertiary/aromatic N) is 3. The molecule has 0 aromatic carbocycles. The first-order valence-electron chi connectivity index (χ1n) is 5.13. The molecule has 0 radical (unpaired) electrons. The number of hydrogen-bond donors (Lipinski definition) is 1. The molecule has 90 valence electrons. The Morgan fingerprint density at radius 2 is 2.35 bits per heavy atom. The average molecular weight is 268 g/mol. The first-order chi connectivity index (χ1) is 8.29. The first-order valence-corrected chi connectivity index (χ1v) is 6.72. The normalized spacial score (nSPS) is 10.4. The second-order valence-corrected chi connectivity index (χ2v) is 5.25. The number of aromatic nitrogens is 3. The number of nitrogen functional groups attached to an aromatic ring is 1. The zero-order valence-electron chi connectivity index (χ0n) is 9.29. The van der Waals surface area contributed by atoms with Crippen molar-refractivity contribution in [2.24, 2.45) is 0 Å². The standard InChI is InChI=1S/C10H12N4OS2/c1-2-5-15-9-7(11)3-4-8(14-9)16-10-12-6-13-17-10/h3-4,6H,2,5,11H2,1H3. The molecule has 0 bridgehead atoms. The van der Waals surface area contributed by atoms with Crippen molar-refractivity contribution < 1.29 is 4.74 Å². The topological polar surface area (TPSA) is 73.9 Å². The van der Waals surface area contributed by atoms with Gasteiger partial charge in [-0.3, -0.25) is 0 Å². The number of nitrogens with two attached hydrogens (primary N) is 1. The van der Waals surface area contributed by atoms with Gasteiger partial charge in [0.15, 0.2) is 4.34 Å². The van der Waals surface area contributed by atoms with E-state index in [1.807, 2.05) is 13.0 Å².